The highest BCUT2D eigenvalue weighted by Crippen LogP contribution is 2.42. The predicted octanol–water partition coefficient (Wildman–Crippen LogP) is 6.44. The minimum atomic E-state index is -4.92. The number of nitrogens with two attached hydrogens (primary N) is 1. The maximum Gasteiger partial charge on any atom is 0.296 e. The Morgan fingerprint density at radius 2 is 1.04 bits per heavy atom. The topological polar surface area (TPSA) is 271 Å². The number of hydrogen-bond acceptors (Lipinski definition) is 13. The molecule has 5 aromatic carbocycles. The number of nitrogens with one attached hydrogen (secondary N) is 1. The first-order chi connectivity index (χ1) is 22.0. The second-order valence-electron chi connectivity index (χ2n) is 9.72. The molecule has 47 heavy (non-hydrogen) atoms. The SMILES string of the molecule is Nc1ccc(Nc2ccc3c(O)c(N=Nc4ccc(N=Nc5ccc(S(=O)(=O)O)cc5)cc4)c(S(=O)(=O)O)cc3c2)cc1S(=O)(=O)O. The monoisotopic (exact) mass is 698 g/mol. The van der Waals surface area contributed by atoms with E-state index in [-0.39, 0.29) is 32.7 Å². The van der Waals surface area contributed by atoms with Gasteiger partial charge in [0, 0.05) is 16.8 Å². The van der Waals surface area contributed by atoms with E-state index in [1.165, 1.54) is 66.7 Å². The Morgan fingerprint density at radius 3 is 1.57 bits per heavy atom. The lowest BCUT2D eigenvalue weighted by molar-refractivity contribution is 0.472. The maximum absolute atomic E-state index is 12.3. The molecule has 0 saturated heterocycles. The molecule has 0 atom stereocenters. The van der Waals surface area contributed by atoms with Crippen LogP contribution in [-0.2, 0) is 30.4 Å². The second kappa shape index (κ2) is 12.5. The van der Waals surface area contributed by atoms with Gasteiger partial charge in [-0.15, -0.1) is 5.11 Å². The van der Waals surface area contributed by atoms with Crippen molar-refractivity contribution in [2.45, 2.75) is 14.7 Å². The van der Waals surface area contributed by atoms with Crippen molar-refractivity contribution in [3.63, 3.8) is 0 Å². The maximum atomic E-state index is 12.3. The number of rotatable bonds is 9. The van der Waals surface area contributed by atoms with Crippen molar-refractivity contribution in [1.82, 2.24) is 0 Å². The Kier molecular flexibility index (Phi) is 8.77. The fraction of sp³-hybridized carbons (Fsp3) is 0. The van der Waals surface area contributed by atoms with Gasteiger partial charge in [0.1, 0.15) is 15.5 Å². The Balaban J connectivity index is 1.41. The van der Waals surface area contributed by atoms with Gasteiger partial charge in [0.05, 0.1) is 27.6 Å². The van der Waals surface area contributed by atoms with E-state index in [2.05, 4.69) is 25.8 Å². The van der Waals surface area contributed by atoms with Gasteiger partial charge >= 0.3 is 0 Å². The summed E-state index contributed by atoms with van der Waals surface area (Å²) in [4.78, 5) is -1.55. The molecule has 0 saturated carbocycles. The van der Waals surface area contributed by atoms with Gasteiger partial charge in [-0.25, -0.2) is 0 Å². The largest absolute Gasteiger partial charge is 0.505 e. The summed E-state index contributed by atoms with van der Waals surface area (Å²) in [6.45, 7) is 0. The van der Waals surface area contributed by atoms with E-state index in [0.29, 0.717) is 17.1 Å². The summed E-state index contributed by atoms with van der Waals surface area (Å²) in [5, 5.41) is 30.0. The third kappa shape index (κ3) is 7.74. The third-order valence-electron chi connectivity index (χ3n) is 6.44. The Labute approximate surface area is 267 Å². The van der Waals surface area contributed by atoms with Crippen LogP contribution in [0.4, 0.5) is 39.8 Å². The molecule has 0 aromatic heterocycles. The minimum absolute atomic E-state index is 0.146. The molecule has 0 aliphatic rings. The van der Waals surface area contributed by atoms with Gasteiger partial charge in [0.25, 0.3) is 30.4 Å². The highest BCUT2D eigenvalue weighted by Gasteiger charge is 2.22. The van der Waals surface area contributed by atoms with Gasteiger partial charge in [0.15, 0.2) is 5.75 Å². The van der Waals surface area contributed by atoms with Crippen LogP contribution in [0.15, 0.2) is 126 Å². The molecule has 5 aromatic rings. The summed E-state index contributed by atoms with van der Waals surface area (Å²) in [5.41, 5.74) is 6.36. The molecule has 0 fully saturated rings. The molecule has 0 aliphatic carbocycles. The number of phenolic OH excluding ortho intramolecular Hbond substituents is 1. The lowest BCUT2D eigenvalue weighted by atomic mass is 10.1. The van der Waals surface area contributed by atoms with Gasteiger partial charge < -0.3 is 16.2 Å². The molecule has 19 heteroatoms. The van der Waals surface area contributed by atoms with Crippen LogP contribution >= 0.6 is 0 Å². The highest BCUT2D eigenvalue weighted by atomic mass is 32.2. The zero-order chi connectivity index (χ0) is 34.1. The second-order valence-corrected chi connectivity index (χ2v) is 13.9. The van der Waals surface area contributed by atoms with E-state index in [0.717, 1.165) is 24.3 Å². The zero-order valence-electron chi connectivity index (χ0n) is 23.5. The number of azo groups is 2. The molecule has 5 rings (SSSR count). The van der Waals surface area contributed by atoms with Crippen molar-refractivity contribution in [1.29, 1.82) is 0 Å². The number of phenols is 1. The van der Waals surface area contributed by atoms with Crippen molar-refractivity contribution < 1.29 is 44.0 Å². The average molecular weight is 699 g/mol. The van der Waals surface area contributed by atoms with Gasteiger partial charge in [-0.05, 0) is 96.4 Å². The Morgan fingerprint density at radius 1 is 0.553 bits per heavy atom. The van der Waals surface area contributed by atoms with E-state index < -0.39 is 51.6 Å². The van der Waals surface area contributed by atoms with Gasteiger partial charge in [-0.3, -0.25) is 13.7 Å². The zero-order valence-corrected chi connectivity index (χ0v) is 25.9. The molecular formula is C28H22N6O10S3. The predicted molar refractivity (Wildman–Crippen MR) is 170 cm³/mol. The molecule has 7 N–H and O–H groups in total. The first-order valence-electron chi connectivity index (χ1n) is 12.9. The van der Waals surface area contributed by atoms with Crippen LogP contribution in [0.25, 0.3) is 10.8 Å². The third-order valence-corrected chi connectivity index (χ3v) is 9.08. The van der Waals surface area contributed by atoms with E-state index in [1.807, 2.05) is 0 Å². The molecule has 16 nitrogen and oxygen atoms in total. The minimum Gasteiger partial charge on any atom is -0.505 e. The Bertz CT molecular complexity index is 2420. The van der Waals surface area contributed by atoms with E-state index in [4.69, 9.17) is 10.3 Å². The number of nitrogen functional groups attached to an aromatic ring is 1. The summed E-state index contributed by atoms with van der Waals surface area (Å²) in [6, 6.07) is 20.2. The van der Waals surface area contributed by atoms with Crippen LogP contribution in [-0.4, -0.2) is 44.0 Å². The van der Waals surface area contributed by atoms with Gasteiger partial charge in [0.2, 0.25) is 0 Å². The number of nitrogens with zero attached hydrogens (tertiary/aromatic N) is 4. The molecule has 0 amide bonds. The Hall–Kier alpha value is -5.31. The van der Waals surface area contributed by atoms with Crippen molar-refractivity contribution >= 4 is 80.9 Å². The van der Waals surface area contributed by atoms with E-state index in [1.54, 1.807) is 0 Å². The molecule has 0 spiro atoms. The molecule has 0 heterocycles. The van der Waals surface area contributed by atoms with Crippen LogP contribution in [0.1, 0.15) is 0 Å². The molecule has 0 bridgehead atoms. The van der Waals surface area contributed by atoms with Crippen LogP contribution in [0.5, 0.6) is 5.75 Å². The summed E-state index contributed by atoms with van der Waals surface area (Å²) in [5.74, 6) is -0.600. The van der Waals surface area contributed by atoms with Crippen molar-refractivity contribution in [3.05, 3.63) is 91.0 Å². The smallest absolute Gasteiger partial charge is 0.296 e. The number of anilines is 3. The first-order valence-corrected chi connectivity index (χ1v) is 17.2. The fourth-order valence-electron chi connectivity index (χ4n) is 4.22. The quantitative estimate of drug-likeness (QED) is 0.0551. The summed E-state index contributed by atoms with van der Waals surface area (Å²) in [7, 11) is -13.9. The average Bonchev–Trinajstić information content (AvgIpc) is 2.99. The summed E-state index contributed by atoms with van der Waals surface area (Å²) >= 11 is 0. The highest BCUT2D eigenvalue weighted by molar-refractivity contribution is 7.86. The van der Waals surface area contributed by atoms with Crippen LogP contribution in [0.3, 0.4) is 0 Å². The molecule has 0 radical (unpaired) electrons. The number of fused-ring (bicyclic) bond motifs is 1. The lowest BCUT2D eigenvalue weighted by Crippen LogP contribution is -2.04. The molecule has 0 aliphatic heterocycles. The van der Waals surface area contributed by atoms with E-state index in [9.17, 15) is 39.5 Å². The lowest BCUT2D eigenvalue weighted by Gasteiger charge is -2.12. The molecular weight excluding hydrogens is 677 g/mol. The van der Waals surface area contributed by atoms with Crippen molar-refractivity contribution in [3.8, 4) is 5.75 Å². The summed E-state index contributed by atoms with van der Waals surface area (Å²) < 4.78 is 98.4. The number of aromatic hydroxyl groups is 1. The van der Waals surface area contributed by atoms with Gasteiger partial charge in [-0.2, -0.15) is 40.6 Å². The molecule has 0 unspecified atom stereocenters. The van der Waals surface area contributed by atoms with Crippen LogP contribution < -0.4 is 11.1 Å². The summed E-state index contributed by atoms with van der Waals surface area (Å²) in [6.07, 6.45) is 0. The van der Waals surface area contributed by atoms with Gasteiger partial charge in [-0.1, -0.05) is 0 Å². The van der Waals surface area contributed by atoms with Crippen molar-refractivity contribution in [2.24, 2.45) is 20.5 Å². The van der Waals surface area contributed by atoms with E-state index >= 15 is 0 Å². The number of hydrogen-bond donors (Lipinski definition) is 6. The standard InChI is InChI=1S/C28H22N6O10S3/c29-24-12-8-21(15-25(24)46(39,40)41)30-20-7-11-23-16(13-20)14-26(47(42,43)44)27(28(23)35)34-33-18-3-1-17(2-4-18)31-32-19-5-9-22(10-6-19)45(36,37)38/h1-15,30,35H,29H2,(H,36,37,38)(H,39,40,41)(H,42,43,44). The van der Waals surface area contributed by atoms with Crippen LogP contribution in [0.2, 0.25) is 0 Å². The fourth-order valence-corrected chi connectivity index (χ4v) is 6.00. The normalized spacial score (nSPS) is 12.7. The molecule has 242 valence electrons. The van der Waals surface area contributed by atoms with Crippen LogP contribution in [0, 0.1) is 0 Å². The number of benzene rings is 5. The van der Waals surface area contributed by atoms with Crippen molar-refractivity contribution in [2.75, 3.05) is 11.1 Å². The first kappa shape index (κ1) is 33.1.